The summed E-state index contributed by atoms with van der Waals surface area (Å²) in [6.45, 7) is 4.17. The number of hydrogen-bond acceptors (Lipinski definition) is 4. The number of rotatable bonds is 47. The SMILES string of the molecule is CCCCCCCC/C=C/CCCC(O)C(O)C(CO)NC(=O)CCCCCCCCCCCCCCCCCCCCCCCCCCCCCCCCC. The summed E-state index contributed by atoms with van der Waals surface area (Å²) in [6.07, 6.45) is 56.6. The van der Waals surface area contributed by atoms with Crippen LogP contribution in [-0.2, 0) is 4.79 Å². The highest BCUT2D eigenvalue weighted by molar-refractivity contribution is 5.76. The van der Waals surface area contributed by atoms with Crippen LogP contribution in [-0.4, -0.2) is 46.1 Å². The number of aliphatic hydroxyl groups is 3. The van der Waals surface area contributed by atoms with Crippen LogP contribution in [0.3, 0.4) is 0 Å². The average Bonchev–Trinajstić information content (AvgIpc) is 3.20. The second-order valence-corrected chi connectivity index (χ2v) is 17.7. The number of aliphatic hydroxyl groups excluding tert-OH is 3. The maximum Gasteiger partial charge on any atom is 0.220 e. The molecule has 0 bridgehead atoms. The van der Waals surface area contributed by atoms with Crippen molar-refractivity contribution in [2.75, 3.05) is 6.61 Å². The van der Waals surface area contributed by atoms with E-state index >= 15 is 0 Å². The third-order valence-electron chi connectivity index (χ3n) is 12.1. The summed E-state index contributed by atoms with van der Waals surface area (Å²) in [5.74, 6) is -0.150. The molecule has 0 aromatic carbocycles. The second kappa shape index (κ2) is 46.8. The lowest BCUT2D eigenvalue weighted by Crippen LogP contribution is -2.50. The lowest BCUT2D eigenvalue weighted by Gasteiger charge is -2.26. The number of nitrogens with one attached hydrogen (secondary N) is 1. The first-order valence-corrected chi connectivity index (χ1v) is 25.5. The van der Waals surface area contributed by atoms with Crippen molar-refractivity contribution >= 4 is 5.91 Å². The van der Waals surface area contributed by atoms with E-state index in [9.17, 15) is 20.1 Å². The Labute approximate surface area is 350 Å². The van der Waals surface area contributed by atoms with Gasteiger partial charge in [0, 0.05) is 6.42 Å². The predicted molar refractivity (Wildman–Crippen MR) is 245 cm³/mol. The third kappa shape index (κ3) is 41.3. The van der Waals surface area contributed by atoms with Crippen LogP contribution in [0.1, 0.15) is 284 Å². The van der Waals surface area contributed by atoms with E-state index in [1.807, 2.05) is 0 Å². The lowest BCUT2D eigenvalue weighted by atomic mass is 10.0. The van der Waals surface area contributed by atoms with Crippen LogP contribution in [0, 0.1) is 0 Å². The summed E-state index contributed by atoms with van der Waals surface area (Å²) in [5, 5.41) is 33.5. The van der Waals surface area contributed by atoms with E-state index < -0.39 is 18.2 Å². The zero-order valence-electron chi connectivity index (χ0n) is 38.0. The number of hydrogen-bond donors (Lipinski definition) is 4. The summed E-state index contributed by atoms with van der Waals surface area (Å²) in [5.41, 5.74) is 0. The summed E-state index contributed by atoms with van der Waals surface area (Å²) in [7, 11) is 0. The predicted octanol–water partition coefficient (Wildman–Crippen LogP) is 15.2. The van der Waals surface area contributed by atoms with Crippen molar-refractivity contribution in [3.63, 3.8) is 0 Å². The molecule has 5 heteroatoms. The molecule has 5 nitrogen and oxygen atoms in total. The van der Waals surface area contributed by atoms with Gasteiger partial charge >= 0.3 is 0 Å². The first-order chi connectivity index (χ1) is 27.6. The number of amides is 1. The lowest BCUT2D eigenvalue weighted by molar-refractivity contribution is -0.124. The zero-order chi connectivity index (χ0) is 40.8. The molecular weight excluding hydrogens is 691 g/mol. The van der Waals surface area contributed by atoms with Crippen LogP contribution in [0.5, 0.6) is 0 Å². The molecule has 3 atom stereocenters. The minimum atomic E-state index is -1.15. The molecule has 0 fully saturated rings. The van der Waals surface area contributed by atoms with E-state index in [1.165, 1.54) is 218 Å². The first kappa shape index (κ1) is 55.1. The monoisotopic (exact) mass is 792 g/mol. The van der Waals surface area contributed by atoms with Crippen molar-refractivity contribution in [3.8, 4) is 0 Å². The fourth-order valence-corrected chi connectivity index (χ4v) is 8.17. The standard InChI is InChI=1S/C51H101NO4/c1-3-5-7-9-11-13-15-16-17-18-19-20-21-22-23-24-25-26-27-28-29-30-31-32-33-34-36-38-40-42-44-46-50(55)52-48(47-53)51(56)49(54)45-43-41-39-37-35-14-12-10-8-6-4-2/h37,39,48-49,51,53-54,56H,3-36,38,40-47H2,1-2H3,(H,52,55)/b39-37+. The summed E-state index contributed by atoms with van der Waals surface area (Å²) >= 11 is 0. The smallest absolute Gasteiger partial charge is 0.220 e. The number of carbonyl (C=O) groups excluding carboxylic acids is 1. The molecule has 0 aromatic heterocycles. The van der Waals surface area contributed by atoms with Gasteiger partial charge in [0.1, 0.15) is 6.10 Å². The van der Waals surface area contributed by atoms with Crippen molar-refractivity contribution in [1.82, 2.24) is 5.32 Å². The molecule has 4 N–H and O–H groups in total. The minimum Gasteiger partial charge on any atom is -0.394 e. The van der Waals surface area contributed by atoms with Crippen molar-refractivity contribution in [2.45, 2.75) is 302 Å². The van der Waals surface area contributed by atoms with Gasteiger partial charge in [-0.15, -0.1) is 0 Å². The highest BCUT2D eigenvalue weighted by Crippen LogP contribution is 2.17. The van der Waals surface area contributed by atoms with Crippen molar-refractivity contribution in [2.24, 2.45) is 0 Å². The summed E-state index contributed by atoms with van der Waals surface area (Å²) in [4.78, 5) is 12.4. The van der Waals surface area contributed by atoms with Gasteiger partial charge in [0.05, 0.1) is 18.8 Å². The van der Waals surface area contributed by atoms with Crippen molar-refractivity contribution in [1.29, 1.82) is 0 Å². The molecule has 0 spiro atoms. The fraction of sp³-hybridized carbons (Fsp3) is 0.941. The van der Waals surface area contributed by atoms with Crippen molar-refractivity contribution < 1.29 is 20.1 Å². The molecule has 0 saturated heterocycles. The van der Waals surface area contributed by atoms with Gasteiger partial charge < -0.3 is 20.6 Å². The maximum absolute atomic E-state index is 12.4. The molecule has 0 aliphatic rings. The van der Waals surface area contributed by atoms with Crippen LogP contribution in [0.4, 0.5) is 0 Å². The third-order valence-corrected chi connectivity index (χ3v) is 12.1. The Hall–Kier alpha value is -0.910. The fourth-order valence-electron chi connectivity index (χ4n) is 8.17. The summed E-state index contributed by atoms with van der Waals surface area (Å²) < 4.78 is 0. The number of carbonyl (C=O) groups is 1. The molecular formula is C51H101NO4. The molecule has 0 heterocycles. The number of allylic oxidation sites excluding steroid dienone is 2. The molecule has 56 heavy (non-hydrogen) atoms. The van der Waals surface area contributed by atoms with Gasteiger partial charge in [0.25, 0.3) is 0 Å². The molecule has 0 aliphatic carbocycles. The Morgan fingerprint density at radius 1 is 0.429 bits per heavy atom. The van der Waals surface area contributed by atoms with Gasteiger partial charge in [-0.3, -0.25) is 4.79 Å². The van der Waals surface area contributed by atoms with Crippen molar-refractivity contribution in [3.05, 3.63) is 12.2 Å². The van der Waals surface area contributed by atoms with Crippen LogP contribution in [0.15, 0.2) is 12.2 Å². The molecule has 334 valence electrons. The Morgan fingerprint density at radius 2 is 0.714 bits per heavy atom. The Balaban J connectivity index is 3.45. The Morgan fingerprint density at radius 3 is 1.04 bits per heavy atom. The van der Waals surface area contributed by atoms with E-state index in [2.05, 4.69) is 31.3 Å². The Kier molecular flexibility index (Phi) is 46.0. The highest BCUT2D eigenvalue weighted by atomic mass is 16.3. The first-order valence-electron chi connectivity index (χ1n) is 25.5. The van der Waals surface area contributed by atoms with E-state index in [0.29, 0.717) is 12.8 Å². The van der Waals surface area contributed by atoms with E-state index in [4.69, 9.17) is 0 Å². The normalized spacial score (nSPS) is 13.4. The number of unbranched alkanes of at least 4 members (excludes halogenated alkanes) is 37. The topological polar surface area (TPSA) is 89.8 Å². The maximum atomic E-state index is 12.4. The molecule has 0 aromatic rings. The van der Waals surface area contributed by atoms with E-state index in [-0.39, 0.29) is 12.5 Å². The zero-order valence-corrected chi connectivity index (χ0v) is 38.0. The van der Waals surface area contributed by atoms with Crippen LogP contribution in [0.25, 0.3) is 0 Å². The van der Waals surface area contributed by atoms with Gasteiger partial charge in [-0.2, -0.15) is 0 Å². The van der Waals surface area contributed by atoms with Crippen LogP contribution in [0.2, 0.25) is 0 Å². The largest absolute Gasteiger partial charge is 0.394 e. The molecule has 3 unspecified atom stereocenters. The highest BCUT2D eigenvalue weighted by Gasteiger charge is 2.26. The van der Waals surface area contributed by atoms with E-state index in [1.54, 1.807) is 0 Å². The second-order valence-electron chi connectivity index (χ2n) is 17.7. The van der Waals surface area contributed by atoms with E-state index in [0.717, 1.165) is 38.5 Å². The Bertz CT molecular complexity index is 788. The molecule has 0 radical (unpaired) electrons. The van der Waals surface area contributed by atoms with Gasteiger partial charge in [0.15, 0.2) is 0 Å². The molecule has 0 rings (SSSR count). The van der Waals surface area contributed by atoms with Crippen LogP contribution < -0.4 is 5.32 Å². The van der Waals surface area contributed by atoms with Gasteiger partial charge in [-0.05, 0) is 38.5 Å². The van der Waals surface area contributed by atoms with Gasteiger partial charge in [-0.1, -0.05) is 251 Å². The molecule has 0 saturated carbocycles. The minimum absolute atomic E-state index is 0.150. The van der Waals surface area contributed by atoms with Gasteiger partial charge in [0.2, 0.25) is 5.91 Å². The molecule has 1 amide bonds. The van der Waals surface area contributed by atoms with Gasteiger partial charge in [-0.25, -0.2) is 0 Å². The average molecular weight is 792 g/mol. The molecule has 0 aliphatic heterocycles. The quantitative estimate of drug-likeness (QED) is 0.0365. The summed E-state index contributed by atoms with van der Waals surface area (Å²) in [6, 6.07) is -0.820. The van der Waals surface area contributed by atoms with Crippen LogP contribution >= 0.6 is 0 Å².